The Kier molecular flexibility index (Phi) is 4.70. The molecule has 1 aromatic heterocycles. The van der Waals surface area contributed by atoms with Gasteiger partial charge in [-0.1, -0.05) is 32.4 Å². The highest BCUT2D eigenvalue weighted by atomic mass is 79.9. The Morgan fingerprint density at radius 1 is 1.14 bits per heavy atom. The van der Waals surface area contributed by atoms with Crippen molar-refractivity contribution >= 4 is 44.9 Å². The van der Waals surface area contributed by atoms with Crippen molar-refractivity contribution in [2.75, 3.05) is 10.7 Å². The molecule has 0 radical (unpaired) electrons. The molecule has 112 valence electrons. The van der Waals surface area contributed by atoms with E-state index in [0.717, 1.165) is 10.2 Å². The second kappa shape index (κ2) is 6.17. The lowest BCUT2D eigenvalue weighted by molar-refractivity contribution is 0.547. The number of hydrogen-bond acceptors (Lipinski definition) is 5. The summed E-state index contributed by atoms with van der Waals surface area (Å²) >= 11 is 9.45. The van der Waals surface area contributed by atoms with Crippen LogP contribution in [0, 0.1) is 0 Å². The lowest BCUT2D eigenvalue weighted by Gasteiger charge is -2.19. The summed E-state index contributed by atoms with van der Waals surface area (Å²) in [6.07, 6.45) is 0. The van der Waals surface area contributed by atoms with Crippen molar-refractivity contribution in [2.45, 2.75) is 26.2 Å². The molecule has 0 aliphatic carbocycles. The van der Waals surface area contributed by atoms with E-state index in [0.29, 0.717) is 22.5 Å². The molecule has 2 aromatic rings. The third-order valence-electron chi connectivity index (χ3n) is 2.74. The highest BCUT2D eigenvalue weighted by Gasteiger charge is 2.19. The highest BCUT2D eigenvalue weighted by Crippen LogP contribution is 2.28. The summed E-state index contributed by atoms with van der Waals surface area (Å²) in [6.45, 7) is 6.13. The van der Waals surface area contributed by atoms with Crippen LogP contribution in [0.1, 0.15) is 26.6 Å². The van der Waals surface area contributed by atoms with E-state index in [1.807, 2.05) is 39.0 Å². The van der Waals surface area contributed by atoms with Crippen LogP contribution in [0.2, 0.25) is 5.02 Å². The van der Waals surface area contributed by atoms with Gasteiger partial charge in [-0.05, 0) is 34.1 Å². The van der Waals surface area contributed by atoms with Gasteiger partial charge in [0.25, 0.3) is 0 Å². The maximum Gasteiger partial charge on any atom is 0.145 e. The van der Waals surface area contributed by atoms with Gasteiger partial charge >= 0.3 is 0 Å². The Hall–Kier alpha value is -1.37. The van der Waals surface area contributed by atoms with Crippen LogP contribution < -0.4 is 16.6 Å². The Bertz CT molecular complexity index is 654. The molecule has 0 amide bonds. The monoisotopic (exact) mass is 369 g/mol. The molecule has 0 bridgehead atoms. The normalized spacial score (nSPS) is 11.3. The van der Waals surface area contributed by atoms with Crippen molar-refractivity contribution in [2.24, 2.45) is 5.84 Å². The minimum Gasteiger partial charge on any atom is -0.340 e. The van der Waals surface area contributed by atoms with Gasteiger partial charge in [0, 0.05) is 21.6 Å². The summed E-state index contributed by atoms with van der Waals surface area (Å²) in [6, 6.07) is 7.34. The lowest BCUT2D eigenvalue weighted by Crippen LogP contribution is -2.19. The molecule has 0 aliphatic rings. The van der Waals surface area contributed by atoms with Crippen LogP contribution in [0.5, 0.6) is 0 Å². The van der Waals surface area contributed by atoms with Gasteiger partial charge in [-0.2, -0.15) is 0 Å². The zero-order valence-electron chi connectivity index (χ0n) is 12.0. The summed E-state index contributed by atoms with van der Waals surface area (Å²) < 4.78 is 0.845. The number of nitrogen functional groups attached to an aromatic ring is 1. The molecule has 21 heavy (non-hydrogen) atoms. The first kappa shape index (κ1) is 16.0. The number of hydrazine groups is 1. The van der Waals surface area contributed by atoms with E-state index in [1.165, 1.54) is 0 Å². The molecule has 0 unspecified atom stereocenters. The maximum absolute atomic E-state index is 6.09. The molecular formula is C14H17BrClN5. The first-order valence-corrected chi connectivity index (χ1v) is 7.55. The van der Waals surface area contributed by atoms with Crippen LogP contribution in [-0.4, -0.2) is 9.97 Å². The van der Waals surface area contributed by atoms with Gasteiger partial charge in [0.05, 0.1) is 5.02 Å². The Labute approximate surface area is 137 Å². The molecule has 0 saturated heterocycles. The van der Waals surface area contributed by atoms with Crippen molar-refractivity contribution in [3.8, 4) is 0 Å². The number of hydrogen-bond donors (Lipinski definition) is 3. The van der Waals surface area contributed by atoms with Crippen LogP contribution >= 0.6 is 27.5 Å². The van der Waals surface area contributed by atoms with E-state index >= 15 is 0 Å². The number of rotatable bonds is 3. The van der Waals surface area contributed by atoms with Gasteiger partial charge in [-0.15, -0.1) is 0 Å². The highest BCUT2D eigenvalue weighted by molar-refractivity contribution is 9.10. The van der Waals surface area contributed by atoms with Crippen LogP contribution in [0.15, 0.2) is 28.7 Å². The molecule has 2 rings (SSSR count). The number of nitrogens with one attached hydrogen (secondary N) is 2. The largest absolute Gasteiger partial charge is 0.340 e. The van der Waals surface area contributed by atoms with Gasteiger partial charge in [0.1, 0.15) is 17.5 Å². The van der Waals surface area contributed by atoms with Gasteiger partial charge in [0.2, 0.25) is 0 Å². The topological polar surface area (TPSA) is 75.9 Å². The summed E-state index contributed by atoms with van der Waals surface area (Å²) in [5, 5.41) is 3.83. The summed E-state index contributed by atoms with van der Waals surface area (Å²) in [5.74, 6) is 7.38. The number of benzene rings is 1. The fourth-order valence-corrected chi connectivity index (χ4v) is 2.07. The van der Waals surface area contributed by atoms with Gasteiger partial charge < -0.3 is 10.7 Å². The van der Waals surface area contributed by atoms with E-state index in [4.69, 9.17) is 17.4 Å². The van der Waals surface area contributed by atoms with Crippen LogP contribution in [-0.2, 0) is 5.41 Å². The van der Waals surface area contributed by atoms with E-state index < -0.39 is 0 Å². The Morgan fingerprint density at radius 3 is 2.38 bits per heavy atom. The molecular weight excluding hydrogens is 354 g/mol. The fraction of sp³-hybridized carbons (Fsp3) is 0.286. The molecule has 1 aromatic carbocycles. The first-order valence-electron chi connectivity index (χ1n) is 6.38. The second-order valence-corrected chi connectivity index (χ2v) is 6.87. The summed E-state index contributed by atoms with van der Waals surface area (Å²) in [4.78, 5) is 8.90. The van der Waals surface area contributed by atoms with Gasteiger partial charge in [-0.3, -0.25) is 0 Å². The van der Waals surface area contributed by atoms with Gasteiger partial charge in [0.15, 0.2) is 0 Å². The molecule has 0 atom stereocenters. The Morgan fingerprint density at radius 2 is 1.81 bits per heavy atom. The number of nitrogens with zero attached hydrogens (tertiary/aromatic N) is 2. The predicted octanol–water partition coefficient (Wildman–Crippen LogP) is 4.22. The van der Waals surface area contributed by atoms with E-state index in [2.05, 4.69) is 36.6 Å². The molecule has 0 aliphatic heterocycles. The minimum atomic E-state index is -0.180. The molecule has 0 spiro atoms. The quantitative estimate of drug-likeness (QED) is 0.557. The van der Waals surface area contributed by atoms with E-state index in [9.17, 15) is 0 Å². The van der Waals surface area contributed by atoms with E-state index in [1.54, 1.807) is 6.07 Å². The van der Waals surface area contributed by atoms with E-state index in [-0.39, 0.29) is 5.41 Å². The average molecular weight is 371 g/mol. The molecule has 0 fully saturated rings. The summed E-state index contributed by atoms with van der Waals surface area (Å²) in [5.41, 5.74) is 3.22. The molecule has 5 nitrogen and oxygen atoms in total. The minimum absolute atomic E-state index is 0.180. The number of halogens is 2. The van der Waals surface area contributed by atoms with Gasteiger partial charge in [-0.25, -0.2) is 15.8 Å². The number of nitrogens with two attached hydrogens (primary N) is 1. The zero-order valence-corrected chi connectivity index (χ0v) is 14.4. The van der Waals surface area contributed by atoms with Crippen LogP contribution in [0.25, 0.3) is 0 Å². The average Bonchev–Trinajstić information content (AvgIpc) is 2.41. The smallest absolute Gasteiger partial charge is 0.145 e. The third kappa shape index (κ3) is 4.06. The van der Waals surface area contributed by atoms with Crippen molar-refractivity contribution in [1.82, 2.24) is 9.97 Å². The molecule has 1 heterocycles. The molecule has 7 heteroatoms. The fourth-order valence-electron chi connectivity index (χ4n) is 1.64. The zero-order chi connectivity index (χ0) is 15.6. The molecule has 0 saturated carbocycles. The summed E-state index contributed by atoms with van der Waals surface area (Å²) in [7, 11) is 0. The second-order valence-electron chi connectivity index (χ2n) is 5.61. The maximum atomic E-state index is 6.09. The van der Waals surface area contributed by atoms with Crippen molar-refractivity contribution in [1.29, 1.82) is 0 Å². The lowest BCUT2D eigenvalue weighted by atomic mass is 9.96. The van der Waals surface area contributed by atoms with Crippen molar-refractivity contribution < 1.29 is 0 Å². The first-order chi connectivity index (χ1) is 9.79. The number of anilines is 3. The van der Waals surface area contributed by atoms with Crippen molar-refractivity contribution in [3.63, 3.8) is 0 Å². The molecule has 4 N–H and O–H groups in total. The Balaban J connectivity index is 2.36. The number of aromatic nitrogens is 2. The predicted molar refractivity (Wildman–Crippen MR) is 91.0 cm³/mol. The van der Waals surface area contributed by atoms with Crippen LogP contribution in [0.3, 0.4) is 0 Å². The third-order valence-corrected chi connectivity index (χ3v) is 3.97. The van der Waals surface area contributed by atoms with Crippen LogP contribution in [0.4, 0.5) is 17.3 Å². The van der Waals surface area contributed by atoms with Crippen molar-refractivity contribution in [3.05, 3.63) is 39.6 Å². The standard InChI is InChI=1S/C14H17BrClN5/c1-14(2,3)13-19-11(7-12(20-13)21-17)18-8-4-5-9(15)10(16)6-8/h4-7H,17H2,1-3H3,(H2,18,19,20,21). The SMILES string of the molecule is CC(C)(C)c1nc(NN)cc(Nc2ccc(Br)c(Cl)c2)n1.